The molecule has 1 saturated carbocycles. The molecule has 3 unspecified atom stereocenters. The van der Waals surface area contributed by atoms with Gasteiger partial charge in [-0.1, -0.05) is 26.0 Å². The standard InChI is InChI=1S/C16H24O4S/c1-11(2)12-8-9-13(17)16(10-12)21(18,19)15-7-5-4-6-14(15)20-3/h4-7,11-13,16-17H,8-10H2,1-3H3. The number of aliphatic hydroxyl groups excluding tert-OH is 1. The lowest BCUT2D eigenvalue weighted by Crippen LogP contribution is -2.41. The SMILES string of the molecule is COc1ccccc1S(=O)(=O)C1CC(C(C)C)CCC1O. The van der Waals surface area contributed by atoms with Crippen LogP contribution in [0.25, 0.3) is 0 Å². The van der Waals surface area contributed by atoms with Gasteiger partial charge in [-0.15, -0.1) is 0 Å². The third-order valence-corrected chi connectivity index (χ3v) is 6.77. The average Bonchev–Trinajstić information content (AvgIpc) is 2.47. The molecule has 1 aromatic rings. The van der Waals surface area contributed by atoms with Crippen LogP contribution in [0.5, 0.6) is 5.75 Å². The first-order valence-corrected chi connectivity index (χ1v) is 8.97. The molecule has 1 aliphatic rings. The van der Waals surface area contributed by atoms with Gasteiger partial charge < -0.3 is 9.84 Å². The number of hydrogen-bond acceptors (Lipinski definition) is 4. The number of para-hydroxylation sites is 1. The molecule has 2 rings (SSSR count). The quantitative estimate of drug-likeness (QED) is 0.928. The van der Waals surface area contributed by atoms with Gasteiger partial charge in [0, 0.05) is 0 Å². The first-order chi connectivity index (χ1) is 9.87. The molecule has 118 valence electrons. The highest BCUT2D eigenvalue weighted by atomic mass is 32.2. The van der Waals surface area contributed by atoms with E-state index in [9.17, 15) is 13.5 Å². The van der Waals surface area contributed by atoms with Crippen molar-refractivity contribution in [3.63, 3.8) is 0 Å². The maximum absolute atomic E-state index is 12.9. The second kappa shape index (κ2) is 6.36. The zero-order chi connectivity index (χ0) is 15.6. The molecule has 3 atom stereocenters. The molecular weight excluding hydrogens is 288 g/mol. The second-order valence-corrected chi connectivity index (χ2v) is 8.25. The molecule has 4 nitrogen and oxygen atoms in total. The lowest BCUT2D eigenvalue weighted by atomic mass is 9.80. The minimum absolute atomic E-state index is 0.181. The Balaban J connectivity index is 2.37. The summed E-state index contributed by atoms with van der Waals surface area (Å²) in [6, 6.07) is 6.62. The van der Waals surface area contributed by atoms with E-state index in [2.05, 4.69) is 13.8 Å². The molecule has 0 saturated heterocycles. The summed E-state index contributed by atoms with van der Waals surface area (Å²) >= 11 is 0. The lowest BCUT2D eigenvalue weighted by Gasteiger charge is -2.35. The maximum atomic E-state index is 12.9. The van der Waals surface area contributed by atoms with Crippen LogP contribution in [-0.4, -0.2) is 32.0 Å². The number of benzene rings is 1. The molecule has 1 N–H and O–H groups in total. The monoisotopic (exact) mass is 312 g/mol. The van der Waals surface area contributed by atoms with Crippen LogP contribution >= 0.6 is 0 Å². The van der Waals surface area contributed by atoms with Crippen molar-refractivity contribution in [3.05, 3.63) is 24.3 Å². The number of aliphatic hydroxyl groups is 1. The van der Waals surface area contributed by atoms with E-state index in [0.717, 1.165) is 6.42 Å². The maximum Gasteiger partial charge on any atom is 0.187 e. The van der Waals surface area contributed by atoms with Crippen LogP contribution in [0.4, 0.5) is 0 Å². The van der Waals surface area contributed by atoms with Gasteiger partial charge in [-0.25, -0.2) is 8.42 Å². The van der Waals surface area contributed by atoms with Crippen molar-refractivity contribution in [2.24, 2.45) is 11.8 Å². The van der Waals surface area contributed by atoms with Crippen LogP contribution in [0.3, 0.4) is 0 Å². The van der Waals surface area contributed by atoms with Gasteiger partial charge in [0.1, 0.15) is 10.6 Å². The molecule has 0 radical (unpaired) electrons. The first-order valence-electron chi connectivity index (χ1n) is 7.43. The van der Waals surface area contributed by atoms with E-state index >= 15 is 0 Å². The number of methoxy groups -OCH3 is 1. The number of ether oxygens (including phenoxy) is 1. The normalized spacial score (nSPS) is 26.8. The van der Waals surface area contributed by atoms with Crippen LogP contribution in [0.1, 0.15) is 33.1 Å². The summed E-state index contributed by atoms with van der Waals surface area (Å²) in [6.45, 7) is 4.21. The van der Waals surface area contributed by atoms with E-state index in [1.54, 1.807) is 24.3 Å². The predicted octanol–water partition coefficient (Wildman–Crippen LogP) is 2.65. The average molecular weight is 312 g/mol. The molecule has 0 aromatic heterocycles. The molecule has 0 heterocycles. The summed E-state index contributed by atoms with van der Waals surface area (Å²) in [5.74, 6) is 1.10. The molecule has 0 bridgehead atoms. The fraction of sp³-hybridized carbons (Fsp3) is 0.625. The predicted molar refractivity (Wildman–Crippen MR) is 82.2 cm³/mol. The van der Waals surface area contributed by atoms with Gasteiger partial charge in [0.2, 0.25) is 0 Å². The van der Waals surface area contributed by atoms with E-state index in [1.165, 1.54) is 7.11 Å². The summed E-state index contributed by atoms with van der Waals surface area (Å²) in [4.78, 5) is 0.181. The Morgan fingerprint density at radius 1 is 1.24 bits per heavy atom. The zero-order valence-corrected chi connectivity index (χ0v) is 13.6. The minimum Gasteiger partial charge on any atom is -0.495 e. The molecular formula is C16H24O4S. The van der Waals surface area contributed by atoms with Crippen LogP contribution in [-0.2, 0) is 9.84 Å². The molecule has 1 aliphatic carbocycles. The van der Waals surface area contributed by atoms with Crippen molar-refractivity contribution < 1.29 is 18.3 Å². The van der Waals surface area contributed by atoms with Crippen LogP contribution in [0.15, 0.2) is 29.2 Å². The van der Waals surface area contributed by atoms with Gasteiger partial charge in [-0.05, 0) is 43.2 Å². The number of sulfone groups is 1. The lowest BCUT2D eigenvalue weighted by molar-refractivity contribution is 0.0996. The third-order valence-electron chi connectivity index (χ3n) is 4.51. The molecule has 21 heavy (non-hydrogen) atoms. The Morgan fingerprint density at radius 3 is 2.52 bits per heavy atom. The topological polar surface area (TPSA) is 63.6 Å². The Hall–Kier alpha value is -1.07. The van der Waals surface area contributed by atoms with Gasteiger partial charge in [-0.3, -0.25) is 0 Å². The van der Waals surface area contributed by atoms with Crippen molar-refractivity contribution >= 4 is 9.84 Å². The van der Waals surface area contributed by atoms with E-state index in [0.29, 0.717) is 30.4 Å². The van der Waals surface area contributed by atoms with E-state index in [4.69, 9.17) is 4.74 Å². The van der Waals surface area contributed by atoms with Crippen molar-refractivity contribution in [1.82, 2.24) is 0 Å². The van der Waals surface area contributed by atoms with Crippen LogP contribution < -0.4 is 4.74 Å². The van der Waals surface area contributed by atoms with E-state index in [1.807, 2.05) is 0 Å². The summed E-state index contributed by atoms with van der Waals surface area (Å²) in [7, 11) is -2.13. The summed E-state index contributed by atoms with van der Waals surface area (Å²) in [5, 5.41) is 9.47. The van der Waals surface area contributed by atoms with Gasteiger partial charge in [0.05, 0.1) is 18.5 Å². The van der Waals surface area contributed by atoms with Crippen LogP contribution in [0, 0.1) is 11.8 Å². The number of rotatable bonds is 4. The number of hydrogen-bond donors (Lipinski definition) is 1. The van der Waals surface area contributed by atoms with Gasteiger partial charge in [0.15, 0.2) is 9.84 Å². The summed E-state index contributed by atoms with van der Waals surface area (Å²) in [5.41, 5.74) is 0. The van der Waals surface area contributed by atoms with Crippen molar-refractivity contribution in [2.45, 2.75) is 49.4 Å². The highest BCUT2D eigenvalue weighted by Gasteiger charge is 2.40. The fourth-order valence-corrected chi connectivity index (χ4v) is 5.18. The highest BCUT2D eigenvalue weighted by Crippen LogP contribution is 2.37. The minimum atomic E-state index is -3.60. The van der Waals surface area contributed by atoms with Crippen molar-refractivity contribution in [2.75, 3.05) is 7.11 Å². The van der Waals surface area contributed by atoms with E-state index in [-0.39, 0.29) is 4.90 Å². The molecule has 5 heteroatoms. The van der Waals surface area contributed by atoms with Crippen molar-refractivity contribution in [1.29, 1.82) is 0 Å². The van der Waals surface area contributed by atoms with Gasteiger partial charge in [0.25, 0.3) is 0 Å². The Bertz CT molecular complexity index is 580. The van der Waals surface area contributed by atoms with Crippen molar-refractivity contribution in [3.8, 4) is 5.75 Å². The Kier molecular flexibility index (Phi) is 4.94. The van der Waals surface area contributed by atoms with E-state index < -0.39 is 21.2 Å². The van der Waals surface area contributed by atoms with Crippen LogP contribution in [0.2, 0.25) is 0 Å². The zero-order valence-electron chi connectivity index (χ0n) is 12.8. The first kappa shape index (κ1) is 16.3. The summed E-state index contributed by atoms with van der Waals surface area (Å²) < 4.78 is 31.0. The molecule has 0 spiro atoms. The molecule has 1 fully saturated rings. The molecule has 1 aromatic carbocycles. The molecule has 0 aliphatic heterocycles. The second-order valence-electron chi connectivity index (χ2n) is 6.12. The Labute approximate surface area is 127 Å². The largest absolute Gasteiger partial charge is 0.495 e. The van der Waals surface area contributed by atoms with Gasteiger partial charge in [-0.2, -0.15) is 0 Å². The fourth-order valence-electron chi connectivity index (χ4n) is 3.10. The van der Waals surface area contributed by atoms with Gasteiger partial charge >= 0.3 is 0 Å². The Morgan fingerprint density at radius 2 is 1.90 bits per heavy atom. The highest BCUT2D eigenvalue weighted by molar-refractivity contribution is 7.92. The smallest absolute Gasteiger partial charge is 0.187 e. The third kappa shape index (κ3) is 3.24. The molecule has 0 amide bonds. The summed E-state index contributed by atoms with van der Waals surface area (Å²) in [6.07, 6.45) is 1.15.